The molecule has 0 saturated carbocycles. The summed E-state index contributed by atoms with van der Waals surface area (Å²) in [4.78, 5) is 41.6. The molecule has 14 heteroatoms. The van der Waals surface area contributed by atoms with Crippen LogP contribution in [0.3, 0.4) is 0 Å². The predicted octanol–water partition coefficient (Wildman–Crippen LogP) is 4.75. The second-order valence-electron chi connectivity index (χ2n) is 15.6. The number of carboxylic acid groups (broad SMARTS) is 1. The lowest BCUT2D eigenvalue weighted by Crippen LogP contribution is -2.45. The fourth-order valence-electron chi connectivity index (χ4n) is 7.71. The Morgan fingerprint density at radius 2 is 1.47 bits per heavy atom. The highest BCUT2D eigenvalue weighted by atomic mass is 16.6. The van der Waals surface area contributed by atoms with E-state index in [1.165, 1.54) is 64.0 Å². The van der Waals surface area contributed by atoms with Crippen molar-refractivity contribution in [1.29, 1.82) is 0 Å². The van der Waals surface area contributed by atoms with E-state index in [0.717, 1.165) is 23.4 Å². The summed E-state index contributed by atoms with van der Waals surface area (Å²) in [6.07, 6.45) is 6.77. The molecule has 6 rings (SSSR count). The topological polar surface area (TPSA) is 151 Å². The van der Waals surface area contributed by atoms with E-state index in [4.69, 9.17) is 23.7 Å². The van der Waals surface area contributed by atoms with Crippen LogP contribution in [-0.2, 0) is 28.5 Å². The highest BCUT2D eigenvalue weighted by Crippen LogP contribution is 2.39. The first-order chi connectivity index (χ1) is 29.1. The Hall–Kier alpha value is -4.75. The van der Waals surface area contributed by atoms with Gasteiger partial charge in [0.05, 0.1) is 64.0 Å². The Kier molecular flexibility index (Phi) is 18.4. The Morgan fingerprint density at radius 1 is 0.833 bits per heavy atom. The Bertz CT molecular complexity index is 1820. The van der Waals surface area contributed by atoms with Gasteiger partial charge in [-0.15, -0.1) is 0 Å². The molecule has 0 unspecified atom stereocenters. The molecule has 3 N–H and O–H groups in total. The molecule has 326 valence electrons. The van der Waals surface area contributed by atoms with E-state index in [9.17, 15) is 19.5 Å². The van der Waals surface area contributed by atoms with Gasteiger partial charge in [-0.25, -0.2) is 4.79 Å². The fourth-order valence-corrected chi connectivity index (χ4v) is 7.71. The molecule has 2 amide bonds. The smallest absolute Gasteiger partial charge is 0.335 e. The summed E-state index contributed by atoms with van der Waals surface area (Å²) in [7, 11) is 1.62. The zero-order valence-corrected chi connectivity index (χ0v) is 35.5. The highest BCUT2D eigenvalue weighted by Gasteiger charge is 2.35. The minimum Gasteiger partial charge on any atom is -0.491 e. The second kappa shape index (κ2) is 23.9. The molecule has 0 atom stereocenters. The van der Waals surface area contributed by atoms with Crippen molar-refractivity contribution in [3.63, 3.8) is 0 Å². The molecule has 0 bridgehead atoms. The summed E-state index contributed by atoms with van der Waals surface area (Å²) in [6.45, 7) is 19.8. The minimum atomic E-state index is -1.08. The summed E-state index contributed by atoms with van der Waals surface area (Å²) < 4.78 is 26.8. The van der Waals surface area contributed by atoms with Crippen LogP contribution in [0.2, 0.25) is 0 Å². The van der Waals surface area contributed by atoms with Crippen molar-refractivity contribution in [2.75, 3.05) is 116 Å². The standard InChI is InChI=1S/C23H30N4O.C23H33NO8/c1-19-25-22(28)8-16-27(19)21-6-4-20(5-7-21)3-2-15-26-17-11-23(12-18-26)9-13-24-14-10-23;1-17-4-5-24(22(25)14-17)20-15-19(23(26)27)16-21(18(20)2)32-13-12-31-11-10-30-9-8-29-7-6-28-3/h4-7,24H,1,8-18H2,(H,25,28);15-16H,1,4-14H2,2-3H3,(H,26,27). The first kappa shape index (κ1) is 46.3. The molecule has 14 nitrogen and oxygen atoms in total. The van der Waals surface area contributed by atoms with E-state index in [0.29, 0.717) is 100 Å². The third kappa shape index (κ3) is 14.2. The SMILES string of the molecule is C=C1CCN(c2cc(C(=O)O)cc(OCCOCCOCCOCCOC)c2C)C(=O)C1.C=C1NC(=O)CCN1c1ccc(C#CCN2CCC3(CCNCC3)CC2)cc1. The number of ether oxygens (including phenoxy) is 5. The maximum atomic E-state index is 12.5. The lowest BCUT2D eigenvalue weighted by atomic mass is 9.71. The first-order valence-corrected chi connectivity index (χ1v) is 21.1. The number of hydrogen-bond acceptors (Lipinski definition) is 11. The minimum absolute atomic E-state index is 0.0347. The van der Waals surface area contributed by atoms with Gasteiger partial charge in [-0.3, -0.25) is 14.5 Å². The number of nitrogens with zero attached hydrogens (tertiary/aromatic N) is 3. The number of piperidine rings is 3. The van der Waals surface area contributed by atoms with Crippen LogP contribution in [-0.4, -0.2) is 134 Å². The molecule has 4 saturated heterocycles. The molecule has 2 aromatic carbocycles. The first-order valence-electron chi connectivity index (χ1n) is 21.1. The molecule has 0 aromatic heterocycles. The largest absolute Gasteiger partial charge is 0.491 e. The van der Waals surface area contributed by atoms with Crippen molar-refractivity contribution < 1.29 is 43.2 Å². The third-order valence-corrected chi connectivity index (χ3v) is 11.4. The summed E-state index contributed by atoms with van der Waals surface area (Å²) in [5.74, 6) is 6.58. The van der Waals surface area contributed by atoms with E-state index in [1.807, 2.05) is 24.0 Å². The quantitative estimate of drug-likeness (QED) is 0.115. The molecule has 4 aliphatic rings. The molecule has 4 heterocycles. The summed E-state index contributed by atoms with van der Waals surface area (Å²) in [5, 5.41) is 15.8. The molecule has 4 aliphatic heterocycles. The maximum Gasteiger partial charge on any atom is 0.335 e. The Balaban J connectivity index is 0.000000229. The number of amides is 2. The van der Waals surface area contributed by atoms with E-state index in [1.54, 1.807) is 12.0 Å². The molecule has 0 radical (unpaired) electrons. The Morgan fingerprint density at radius 3 is 2.08 bits per heavy atom. The van der Waals surface area contributed by atoms with Gasteiger partial charge in [0, 0.05) is 49.9 Å². The van der Waals surface area contributed by atoms with Gasteiger partial charge < -0.3 is 49.2 Å². The Labute approximate surface area is 355 Å². The van der Waals surface area contributed by atoms with Gasteiger partial charge in [-0.05, 0) is 107 Å². The lowest BCUT2D eigenvalue weighted by molar-refractivity contribution is -0.121. The average molecular weight is 830 g/mol. The number of benzene rings is 2. The van der Waals surface area contributed by atoms with E-state index in [2.05, 4.69) is 52.7 Å². The van der Waals surface area contributed by atoms with Crippen molar-refractivity contribution in [3.8, 4) is 17.6 Å². The van der Waals surface area contributed by atoms with Crippen LogP contribution in [0.15, 0.2) is 61.0 Å². The van der Waals surface area contributed by atoms with Gasteiger partial charge in [-0.1, -0.05) is 30.6 Å². The number of methoxy groups -OCH3 is 1. The van der Waals surface area contributed by atoms with Crippen LogP contribution < -0.4 is 25.2 Å². The zero-order valence-electron chi connectivity index (χ0n) is 35.5. The summed E-state index contributed by atoms with van der Waals surface area (Å²) in [5.41, 5.74) is 4.89. The number of anilines is 2. The van der Waals surface area contributed by atoms with Gasteiger partial charge in [-0.2, -0.15) is 0 Å². The van der Waals surface area contributed by atoms with Gasteiger partial charge in [0.15, 0.2) is 0 Å². The normalized spacial score (nSPS) is 18.0. The van der Waals surface area contributed by atoms with Crippen LogP contribution >= 0.6 is 0 Å². The van der Waals surface area contributed by atoms with Gasteiger partial charge in [0.1, 0.15) is 18.2 Å². The highest BCUT2D eigenvalue weighted by molar-refractivity contribution is 5.99. The van der Waals surface area contributed by atoms with Crippen molar-refractivity contribution in [2.24, 2.45) is 5.41 Å². The van der Waals surface area contributed by atoms with Crippen LogP contribution in [0.25, 0.3) is 0 Å². The van der Waals surface area contributed by atoms with Crippen molar-refractivity contribution >= 4 is 29.2 Å². The third-order valence-electron chi connectivity index (χ3n) is 11.4. The number of aromatic carboxylic acids is 1. The number of nitrogens with one attached hydrogen (secondary N) is 2. The van der Waals surface area contributed by atoms with Gasteiger partial charge in [0.25, 0.3) is 0 Å². The maximum absolute atomic E-state index is 12.5. The zero-order chi connectivity index (χ0) is 42.7. The number of rotatable bonds is 17. The predicted molar refractivity (Wildman–Crippen MR) is 231 cm³/mol. The van der Waals surface area contributed by atoms with Gasteiger partial charge in [0.2, 0.25) is 11.8 Å². The van der Waals surface area contributed by atoms with E-state index >= 15 is 0 Å². The monoisotopic (exact) mass is 829 g/mol. The summed E-state index contributed by atoms with van der Waals surface area (Å²) >= 11 is 0. The second-order valence-corrected chi connectivity index (χ2v) is 15.6. The number of carboxylic acids is 1. The number of carbonyl (C=O) groups is 3. The van der Waals surface area contributed by atoms with Crippen LogP contribution in [0, 0.1) is 24.2 Å². The van der Waals surface area contributed by atoms with Crippen molar-refractivity contribution in [2.45, 2.75) is 51.9 Å². The fraction of sp³-hybridized carbons (Fsp3) is 0.543. The van der Waals surface area contributed by atoms with E-state index in [-0.39, 0.29) is 30.4 Å². The van der Waals surface area contributed by atoms with Crippen LogP contribution in [0.5, 0.6) is 5.75 Å². The molecule has 1 spiro atoms. The summed E-state index contributed by atoms with van der Waals surface area (Å²) in [6, 6.07) is 11.2. The molecule has 2 aromatic rings. The van der Waals surface area contributed by atoms with Crippen molar-refractivity contribution in [1.82, 2.24) is 15.5 Å². The van der Waals surface area contributed by atoms with Crippen LogP contribution in [0.1, 0.15) is 66.4 Å². The van der Waals surface area contributed by atoms with Crippen molar-refractivity contribution in [3.05, 3.63) is 77.6 Å². The number of likely N-dealkylation sites (tertiary alicyclic amines) is 1. The molecule has 60 heavy (non-hydrogen) atoms. The van der Waals surface area contributed by atoms with Gasteiger partial charge >= 0.3 is 5.97 Å². The van der Waals surface area contributed by atoms with E-state index < -0.39 is 5.97 Å². The average Bonchev–Trinajstić information content (AvgIpc) is 3.24. The number of hydrogen-bond donors (Lipinski definition) is 3. The lowest BCUT2D eigenvalue weighted by Gasteiger charge is -2.44. The number of carbonyl (C=O) groups excluding carboxylic acids is 2. The molecule has 0 aliphatic carbocycles. The molecule has 4 fully saturated rings. The molecular weight excluding hydrogens is 767 g/mol. The van der Waals surface area contributed by atoms with Crippen LogP contribution in [0.4, 0.5) is 11.4 Å². The molecular formula is C46H63N5O9.